The third kappa shape index (κ3) is 8.03. The number of aliphatic hydroxyl groups excluding tert-OH is 2. The predicted molar refractivity (Wildman–Crippen MR) is 140 cm³/mol. The van der Waals surface area contributed by atoms with Crippen molar-refractivity contribution >= 4 is 16.1 Å². The standard InChI is InChI=1S/C27H40N2O6S/c1-19(2)18-29(36(34,35)22-13-11-20(12-14-22)15-16-30)25(27(3,4)5)24(31)23(28-26(32)33)17-21-9-7-6-8-10-21/h6-14,19,23-25,28,30-31H,15-18H2,1-5H3,(H,32,33)/t23-,24+,25?/m0/s1. The third-order valence-corrected chi connectivity index (χ3v) is 7.88. The van der Waals surface area contributed by atoms with Crippen molar-refractivity contribution in [3.63, 3.8) is 0 Å². The lowest BCUT2D eigenvalue weighted by atomic mass is 9.79. The van der Waals surface area contributed by atoms with Crippen molar-refractivity contribution in [1.29, 1.82) is 0 Å². The van der Waals surface area contributed by atoms with Gasteiger partial charge in [0.2, 0.25) is 10.0 Å². The molecule has 0 radical (unpaired) electrons. The Kier molecular flexibility index (Phi) is 10.5. The van der Waals surface area contributed by atoms with Crippen LogP contribution in [-0.4, -0.2) is 65.5 Å². The van der Waals surface area contributed by atoms with E-state index in [2.05, 4.69) is 5.32 Å². The van der Waals surface area contributed by atoms with E-state index in [-0.39, 0.29) is 30.4 Å². The topological polar surface area (TPSA) is 127 Å². The van der Waals surface area contributed by atoms with Gasteiger partial charge in [0, 0.05) is 13.2 Å². The molecule has 8 nitrogen and oxygen atoms in total. The quantitative estimate of drug-likeness (QED) is 0.339. The Morgan fingerprint density at radius 3 is 2.06 bits per heavy atom. The summed E-state index contributed by atoms with van der Waals surface area (Å²) in [5.74, 6) is -0.0505. The van der Waals surface area contributed by atoms with Gasteiger partial charge in [0.05, 0.1) is 23.1 Å². The number of nitrogens with one attached hydrogen (secondary N) is 1. The van der Waals surface area contributed by atoms with Gasteiger partial charge in [0.15, 0.2) is 0 Å². The van der Waals surface area contributed by atoms with E-state index in [4.69, 9.17) is 0 Å². The summed E-state index contributed by atoms with van der Waals surface area (Å²) < 4.78 is 29.2. The summed E-state index contributed by atoms with van der Waals surface area (Å²) in [7, 11) is -4.05. The lowest BCUT2D eigenvalue weighted by Crippen LogP contribution is -2.61. The number of rotatable bonds is 12. The number of nitrogens with zero attached hydrogens (tertiary/aromatic N) is 1. The molecule has 2 rings (SSSR count). The van der Waals surface area contributed by atoms with E-state index in [1.165, 1.54) is 16.4 Å². The van der Waals surface area contributed by atoms with Crippen LogP contribution in [0.3, 0.4) is 0 Å². The molecule has 0 bridgehead atoms. The molecular weight excluding hydrogens is 480 g/mol. The molecule has 4 N–H and O–H groups in total. The fourth-order valence-electron chi connectivity index (χ4n) is 4.43. The number of carbonyl (C=O) groups is 1. The molecule has 200 valence electrons. The van der Waals surface area contributed by atoms with Crippen LogP contribution in [0.4, 0.5) is 4.79 Å². The highest BCUT2D eigenvalue weighted by molar-refractivity contribution is 7.89. The lowest BCUT2D eigenvalue weighted by molar-refractivity contribution is 0.00250. The molecule has 0 spiro atoms. The zero-order valence-corrected chi connectivity index (χ0v) is 22.6. The SMILES string of the molecule is CC(C)CN(C([C@H](O)[C@H](Cc1ccccc1)NC(=O)O)C(C)(C)C)S(=O)(=O)c1ccc(CCO)cc1. The average Bonchev–Trinajstić information content (AvgIpc) is 2.78. The second kappa shape index (κ2) is 12.7. The largest absolute Gasteiger partial charge is 0.465 e. The first-order valence-electron chi connectivity index (χ1n) is 12.2. The van der Waals surface area contributed by atoms with Gasteiger partial charge in [-0.15, -0.1) is 0 Å². The number of benzene rings is 2. The van der Waals surface area contributed by atoms with Gasteiger partial charge < -0.3 is 20.6 Å². The number of amides is 1. The van der Waals surface area contributed by atoms with Gasteiger partial charge in [-0.25, -0.2) is 13.2 Å². The van der Waals surface area contributed by atoms with E-state index in [1.54, 1.807) is 12.1 Å². The van der Waals surface area contributed by atoms with Crippen molar-refractivity contribution in [3.8, 4) is 0 Å². The van der Waals surface area contributed by atoms with Crippen molar-refractivity contribution in [2.45, 2.75) is 70.5 Å². The van der Waals surface area contributed by atoms with Crippen LogP contribution in [0.2, 0.25) is 0 Å². The highest BCUT2D eigenvalue weighted by atomic mass is 32.2. The molecule has 0 aliphatic carbocycles. The van der Waals surface area contributed by atoms with Crippen LogP contribution in [0.5, 0.6) is 0 Å². The molecule has 3 atom stereocenters. The van der Waals surface area contributed by atoms with Crippen molar-refractivity contribution < 1.29 is 28.5 Å². The molecule has 0 aliphatic rings. The highest BCUT2D eigenvalue weighted by Gasteiger charge is 2.45. The number of aliphatic hydroxyl groups is 2. The molecule has 2 aromatic rings. The molecular formula is C27H40N2O6S. The van der Waals surface area contributed by atoms with Crippen LogP contribution in [0.15, 0.2) is 59.5 Å². The Morgan fingerprint density at radius 2 is 1.58 bits per heavy atom. The van der Waals surface area contributed by atoms with E-state index < -0.39 is 39.7 Å². The molecule has 0 aliphatic heterocycles. The second-order valence-electron chi connectivity index (χ2n) is 10.6. The van der Waals surface area contributed by atoms with E-state index in [0.29, 0.717) is 6.42 Å². The molecule has 1 unspecified atom stereocenters. The smallest absolute Gasteiger partial charge is 0.404 e. The minimum absolute atomic E-state index is 0.0385. The molecule has 9 heteroatoms. The highest BCUT2D eigenvalue weighted by Crippen LogP contribution is 2.34. The predicted octanol–water partition coefficient (Wildman–Crippen LogP) is 3.52. The van der Waals surface area contributed by atoms with Crippen LogP contribution in [-0.2, 0) is 22.9 Å². The zero-order valence-electron chi connectivity index (χ0n) is 21.8. The Balaban J connectivity index is 2.57. The molecule has 2 aromatic carbocycles. The van der Waals surface area contributed by atoms with Gasteiger partial charge in [-0.1, -0.05) is 77.1 Å². The molecule has 0 heterocycles. The number of hydrogen-bond donors (Lipinski definition) is 4. The summed E-state index contributed by atoms with van der Waals surface area (Å²) in [6.07, 6.45) is -2.00. The van der Waals surface area contributed by atoms with Gasteiger partial charge in [-0.2, -0.15) is 4.31 Å². The van der Waals surface area contributed by atoms with Gasteiger partial charge in [-0.3, -0.25) is 0 Å². The van der Waals surface area contributed by atoms with Crippen molar-refractivity contribution in [2.75, 3.05) is 13.2 Å². The zero-order chi connectivity index (χ0) is 27.1. The summed E-state index contributed by atoms with van der Waals surface area (Å²) in [6.45, 7) is 9.43. The Hall–Kier alpha value is -2.46. The first kappa shape index (κ1) is 29.8. The molecule has 36 heavy (non-hydrogen) atoms. The first-order chi connectivity index (χ1) is 16.8. The Bertz CT molecular complexity index is 1070. The van der Waals surface area contributed by atoms with E-state index in [9.17, 15) is 28.5 Å². The van der Waals surface area contributed by atoms with E-state index in [1.807, 2.05) is 65.0 Å². The van der Waals surface area contributed by atoms with Crippen molar-refractivity contribution in [3.05, 3.63) is 65.7 Å². The summed E-state index contributed by atoms with van der Waals surface area (Å²) in [5, 5.41) is 32.8. The van der Waals surface area contributed by atoms with E-state index >= 15 is 0 Å². The average molecular weight is 521 g/mol. The van der Waals surface area contributed by atoms with Gasteiger partial charge in [0.1, 0.15) is 0 Å². The maximum absolute atomic E-state index is 14.0. The molecule has 0 saturated heterocycles. The minimum Gasteiger partial charge on any atom is -0.465 e. The number of hydrogen-bond acceptors (Lipinski definition) is 5. The van der Waals surface area contributed by atoms with Gasteiger partial charge in [-0.05, 0) is 47.4 Å². The van der Waals surface area contributed by atoms with Crippen molar-refractivity contribution in [1.82, 2.24) is 9.62 Å². The van der Waals surface area contributed by atoms with Crippen LogP contribution < -0.4 is 5.32 Å². The summed E-state index contributed by atoms with van der Waals surface area (Å²) in [6, 6.07) is 13.7. The number of sulfonamides is 1. The lowest BCUT2D eigenvalue weighted by Gasteiger charge is -2.44. The summed E-state index contributed by atoms with van der Waals surface area (Å²) >= 11 is 0. The second-order valence-corrected chi connectivity index (χ2v) is 12.5. The fraction of sp³-hybridized carbons (Fsp3) is 0.519. The summed E-state index contributed by atoms with van der Waals surface area (Å²) in [4.78, 5) is 11.7. The van der Waals surface area contributed by atoms with Gasteiger partial charge in [0.25, 0.3) is 0 Å². The van der Waals surface area contributed by atoms with Crippen molar-refractivity contribution in [2.24, 2.45) is 11.3 Å². The van der Waals surface area contributed by atoms with E-state index in [0.717, 1.165) is 11.1 Å². The fourth-order valence-corrected chi connectivity index (χ4v) is 6.42. The maximum Gasteiger partial charge on any atom is 0.404 e. The van der Waals surface area contributed by atoms with Crippen LogP contribution in [0.25, 0.3) is 0 Å². The van der Waals surface area contributed by atoms with Crippen LogP contribution >= 0.6 is 0 Å². The monoisotopic (exact) mass is 520 g/mol. The Labute approximate surface area is 215 Å². The Morgan fingerprint density at radius 1 is 1.00 bits per heavy atom. The van der Waals surface area contributed by atoms with Crippen LogP contribution in [0.1, 0.15) is 45.7 Å². The minimum atomic E-state index is -4.05. The molecule has 0 fully saturated rings. The number of carboxylic acid groups (broad SMARTS) is 1. The first-order valence-corrected chi connectivity index (χ1v) is 13.6. The van der Waals surface area contributed by atoms with Gasteiger partial charge >= 0.3 is 6.09 Å². The summed E-state index contributed by atoms with van der Waals surface area (Å²) in [5.41, 5.74) is 0.904. The third-order valence-electron chi connectivity index (χ3n) is 6.02. The molecule has 1 amide bonds. The molecule has 0 saturated carbocycles. The molecule has 0 aromatic heterocycles. The van der Waals surface area contributed by atoms with Crippen LogP contribution in [0, 0.1) is 11.3 Å². The normalized spacial score (nSPS) is 15.0. The maximum atomic E-state index is 14.0.